The summed E-state index contributed by atoms with van der Waals surface area (Å²) in [5, 5.41) is 15.8. The molecule has 0 bridgehead atoms. The summed E-state index contributed by atoms with van der Waals surface area (Å²) >= 11 is 1.74. The molecule has 16 heavy (non-hydrogen) atoms. The van der Waals surface area contributed by atoms with Gasteiger partial charge in [-0.2, -0.15) is 0 Å². The van der Waals surface area contributed by atoms with Crippen molar-refractivity contribution in [3.05, 3.63) is 22.4 Å². The summed E-state index contributed by atoms with van der Waals surface area (Å²) < 4.78 is 5.40. The summed E-state index contributed by atoms with van der Waals surface area (Å²) in [5.41, 5.74) is -0.703. The molecular formula is C12H19NO2S. The lowest BCUT2D eigenvalue weighted by molar-refractivity contribution is -0.0273. The maximum atomic E-state index is 10.3. The highest BCUT2D eigenvalue weighted by Gasteiger charge is 2.39. The van der Waals surface area contributed by atoms with Gasteiger partial charge >= 0.3 is 0 Å². The van der Waals surface area contributed by atoms with Gasteiger partial charge in [0.2, 0.25) is 0 Å². The third-order valence-corrected chi connectivity index (χ3v) is 4.40. The molecule has 4 heteroatoms. The minimum atomic E-state index is -0.703. The van der Waals surface area contributed by atoms with E-state index in [1.165, 1.54) is 4.88 Å². The van der Waals surface area contributed by atoms with Crippen LogP contribution in [-0.4, -0.2) is 30.0 Å². The molecule has 3 atom stereocenters. The number of hydrogen-bond acceptors (Lipinski definition) is 4. The summed E-state index contributed by atoms with van der Waals surface area (Å²) in [6.07, 6.45) is 0.647. The highest BCUT2D eigenvalue weighted by atomic mass is 32.1. The van der Waals surface area contributed by atoms with Crippen LogP contribution in [0, 0.1) is 0 Å². The molecule has 0 aliphatic carbocycles. The highest BCUT2D eigenvalue weighted by molar-refractivity contribution is 7.10. The molecule has 0 spiro atoms. The molecule has 1 aromatic rings. The molecular weight excluding hydrogens is 222 g/mol. The second kappa shape index (κ2) is 4.84. The van der Waals surface area contributed by atoms with E-state index in [4.69, 9.17) is 4.74 Å². The second-order valence-corrected chi connectivity index (χ2v) is 5.46. The van der Waals surface area contributed by atoms with Crippen molar-refractivity contribution in [1.82, 2.24) is 5.32 Å². The van der Waals surface area contributed by atoms with E-state index in [-0.39, 0.29) is 12.1 Å². The Labute approximate surface area is 100 Å². The number of ether oxygens (including phenoxy) is 1. The molecule has 0 aromatic carbocycles. The lowest BCUT2D eigenvalue weighted by atomic mass is 9.96. The lowest BCUT2D eigenvalue weighted by Crippen LogP contribution is -2.46. The average molecular weight is 241 g/mol. The normalized spacial score (nSPS) is 31.8. The molecule has 1 aliphatic heterocycles. The third-order valence-electron chi connectivity index (χ3n) is 3.34. The van der Waals surface area contributed by atoms with Crippen LogP contribution in [0.3, 0.4) is 0 Å². The number of hydrogen-bond donors (Lipinski definition) is 2. The van der Waals surface area contributed by atoms with Gasteiger partial charge in [-0.3, -0.25) is 0 Å². The summed E-state index contributed by atoms with van der Waals surface area (Å²) in [4.78, 5) is 1.30. The van der Waals surface area contributed by atoms with Gasteiger partial charge in [0.1, 0.15) is 5.60 Å². The van der Waals surface area contributed by atoms with Crippen LogP contribution < -0.4 is 5.32 Å². The van der Waals surface area contributed by atoms with E-state index in [2.05, 4.69) is 23.7 Å². The van der Waals surface area contributed by atoms with Gasteiger partial charge in [0, 0.05) is 30.5 Å². The van der Waals surface area contributed by atoms with Crippen LogP contribution >= 0.6 is 11.3 Å². The fraction of sp³-hybridized carbons (Fsp3) is 0.667. The smallest absolute Gasteiger partial charge is 0.105 e. The molecule has 1 fully saturated rings. The monoisotopic (exact) mass is 241 g/mol. The first-order valence-electron chi connectivity index (χ1n) is 5.72. The Kier molecular flexibility index (Phi) is 3.64. The van der Waals surface area contributed by atoms with Crippen LogP contribution in [0.4, 0.5) is 0 Å². The Hall–Kier alpha value is -0.420. The zero-order valence-electron chi connectivity index (χ0n) is 9.77. The summed E-state index contributed by atoms with van der Waals surface area (Å²) in [7, 11) is 0. The Bertz CT molecular complexity index is 328. The molecule has 1 aromatic heterocycles. The second-order valence-electron chi connectivity index (χ2n) is 4.48. The molecule has 0 saturated carbocycles. The van der Waals surface area contributed by atoms with E-state index in [0.717, 1.165) is 6.42 Å². The molecule has 1 aliphatic rings. The molecule has 2 rings (SSSR count). The maximum Gasteiger partial charge on any atom is 0.105 e. The van der Waals surface area contributed by atoms with Gasteiger partial charge in [0.15, 0.2) is 0 Å². The fourth-order valence-corrected chi connectivity index (χ4v) is 2.73. The zero-order chi connectivity index (χ0) is 11.6. The van der Waals surface area contributed by atoms with Gasteiger partial charge in [-0.05, 0) is 25.3 Å². The summed E-state index contributed by atoms with van der Waals surface area (Å²) in [6.45, 7) is 5.31. The van der Waals surface area contributed by atoms with Crippen molar-refractivity contribution >= 4 is 11.3 Å². The molecule has 2 heterocycles. The Morgan fingerprint density at radius 3 is 3.12 bits per heavy atom. The van der Waals surface area contributed by atoms with E-state index < -0.39 is 5.60 Å². The van der Waals surface area contributed by atoms with Gasteiger partial charge in [-0.15, -0.1) is 11.3 Å². The van der Waals surface area contributed by atoms with Crippen LogP contribution in [0.1, 0.15) is 31.2 Å². The van der Waals surface area contributed by atoms with E-state index in [0.29, 0.717) is 13.2 Å². The van der Waals surface area contributed by atoms with Crippen molar-refractivity contribution in [3.8, 4) is 0 Å². The van der Waals surface area contributed by atoms with Crippen LogP contribution in [-0.2, 0) is 4.74 Å². The summed E-state index contributed by atoms with van der Waals surface area (Å²) in [6, 6.07) is 4.45. The number of aliphatic hydroxyl groups is 1. The van der Waals surface area contributed by atoms with Crippen LogP contribution in [0.25, 0.3) is 0 Å². The van der Waals surface area contributed by atoms with Gasteiger partial charge < -0.3 is 15.2 Å². The molecule has 0 radical (unpaired) electrons. The minimum absolute atomic E-state index is 0.0736. The van der Waals surface area contributed by atoms with Crippen molar-refractivity contribution in [2.24, 2.45) is 0 Å². The predicted octanol–water partition coefficient (Wildman–Crippen LogP) is 1.94. The van der Waals surface area contributed by atoms with Gasteiger partial charge in [-0.1, -0.05) is 6.07 Å². The highest BCUT2D eigenvalue weighted by Crippen LogP contribution is 2.26. The topological polar surface area (TPSA) is 41.5 Å². The Morgan fingerprint density at radius 2 is 2.56 bits per heavy atom. The first-order chi connectivity index (χ1) is 7.62. The first-order valence-corrected chi connectivity index (χ1v) is 6.60. The van der Waals surface area contributed by atoms with E-state index in [1.54, 1.807) is 11.3 Å². The molecule has 0 amide bonds. The third kappa shape index (κ3) is 2.46. The molecule has 3 unspecified atom stereocenters. The van der Waals surface area contributed by atoms with Crippen LogP contribution in [0.2, 0.25) is 0 Å². The van der Waals surface area contributed by atoms with E-state index >= 15 is 0 Å². The van der Waals surface area contributed by atoms with Crippen molar-refractivity contribution in [2.75, 3.05) is 13.2 Å². The van der Waals surface area contributed by atoms with Crippen molar-refractivity contribution < 1.29 is 9.84 Å². The number of rotatable bonds is 4. The van der Waals surface area contributed by atoms with Gasteiger partial charge in [0.25, 0.3) is 0 Å². The average Bonchev–Trinajstić information content (AvgIpc) is 2.87. The summed E-state index contributed by atoms with van der Waals surface area (Å²) in [5.74, 6) is 0. The van der Waals surface area contributed by atoms with Crippen LogP contribution in [0.15, 0.2) is 17.5 Å². The van der Waals surface area contributed by atoms with E-state index in [9.17, 15) is 5.11 Å². The number of thiophene rings is 1. The lowest BCUT2D eigenvalue weighted by Gasteiger charge is -2.28. The van der Waals surface area contributed by atoms with Crippen molar-refractivity contribution in [3.63, 3.8) is 0 Å². The maximum absolute atomic E-state index is 10.3. The van der Waals surface area contributed by atoms with E-state index in [1.807, 2.05) is 13.0 Å². The zero-order valence-corrected chi connectivity index (χ0v) is 10.6. The van der Waals surface area contributed by atoms with Crippen molar-refractivity contribution in [1.29, 1.82) is 0 Å². The Morgan fingerprint density at radius 1 is 1.75 bits per heavy atom. The van der Waals surface area contributed by atoms with Crippen molar-refractivity contribution in [2.45, 2.75) is 38.0 Å². The first kappa shape index (κ1) is 12.0. The molecule has 3 nitrogen and oxygen atoms in total. The van der Waals surface area contributed by atoms with Gasteiger partial charge in [-0.25, -0.2) is 0 Å². The largest absolute Gasteiger partial charge is 0.386 e. The quantitative estimate of drug-likeness (QED) is 0.846. The SMILES string of the molecule is CC(NCC1(O)CCOC1C)c1cccs1. The van der Waals surface area contributed by atoms with Gasteiger partial charge in [0.05, 0.1) is 6.10 Å². The fourth-order valence-electron chi connectivity index (χ4n) is 1.97. The predicted molar refractivity (Wildman–Crippen MR) is 65.7 cm³/mol. The Balaban J connectivity index is 1.87. The standard InChI is InChI=1S/C12H19NO2S/c1-9(11-4-3-7-16-11)13-8-12(14)5-6-15-10(12)2/h3-4,7,9-10,13-14H,5-6,8H2,1-2H3. The number of nitrogens with one attached hydrogen (secondary N) is 1. The molecule has 2 N–H and O–H groups in total. The minimum Gasteiger partial charge on any atom is -0.386 e. The molecule has 1 saturated heterocycles. The van der Waals surface area contributed by atoms with Crippen LogP contribution in [0.5, 0.6) is 0 Å². The molecule has 90 valence electrons.